The second-order valence-electron chi connectivity index (χ2n) is 4.78. The van der Waals surface area contributed by atoms with Gasteiger partial charge in [0.25, 0.3) is 0 Å². The van der Waals surface area contributed by atoms with Crippen LogP contribution < -0.4 is 5.32 Å². The minimum Gasteiger partial charge on any atom is -0.467 e. The monoisotopic (exact) mass is 282 g/mol. The molecule has 0 aliphatic carbocycles. The van der Waals surface area contributed by atoms with Crippen LogP contribution in [0.3, 0.4) is 0 Å². The molecule has 0 amide bonds. The van der Waals surface area contributed by atoms with E-state index in [4.69, 9.17) is 16.3 Å². The van der Waals surface area contributed by atoms with Crippen LogP contribution in [0.15, 0.2) is 24.3 Å². The lowest BCUT2D eigenvalue weighted by atomic mass is 9.89. The second-order valence-corrected chi connectivity index (χ2v) is 5.19. The molecule has 4 nitrogen and oxygen atoms in total. The van der Waals surface area contributed by atoms with E-state index in [0.717, 1.165) is 31.7 Å². The van der Waals surface area contributed by atoms with Gasteiger partial charge >= 0.3 is 5.97 Å². The zero-order chi connectivity index (χ0) is 13.9. The highest BCUT2D eigenvalue weighted by Gasteiger charge is 2.43. The molecule has 0 bridgehead atoms. The molecule has 2 rings (SSSR count). The van der Waals surface area contributed by atoms with Gasteiger partial charge in [0.1, 0.15) is 5.54 Å². The highest BCUT2D eigenvalue weighted by Crippen LogP contribution is 2.34. The average Bonchev–Trinajstić information content (AvgIpc) is 2.47. The van der Waals surface area contributed by atoms with Gasteiger partial charge in [0.15, 0.2) is 0 Å². The molecule has 1 aliphatic heterocycles. The average molecular weight is 283 g/mol. The summed E-state index contributed by atoms with van der Waals surface area (Å²) < 4.78 is 5.02. The van der Waals surface area contributed by atoms with E-state index >= 15 is 0 Å². The Balaban J connectivity index is 2.45. The van der Waals surface area contributed by atoms with E-state index in [-0.39, 0.29) is 5.97 Å². The zero-order valence-corrected chi connectivity index (χ0v) is 12.0. The number of piperazine rings is 1. The normalized spacial score (nSPS) is 19.7. The molecule has 0 radical (unpaired) electrons. The molecule has 1 aliphatic rings. The number of methoxy groups -OCH3 is 1. The van der Waals surface area contributed by atoms with E-state index in [1.165, 1.54) is 7.11 Å². The molecule has 1 saturated heterocycles. The van der Waals surface area contributed by atoms with Gasteiger partial charge in [-0.15, -0.1) is 0 Å². The largest absolute Gasteiger partial charge is 0.467 e. The summed E-state index contributed by atoms with van der Waals surface area (Å²) in [5.41, 5.74) is -0.0414. The van der Waals surface area contributed by atoms with Gasteiger partial charge in [0.2, 0.25) is 0 Å². The van der Waals surface area contributed by atoms with Crippen LogP contribution in [0.5, 0.6) is 0 Å². The van der Waals surface area contributed by atoms with E-state index in [9.17, 15) is 4.79 Å². The molecule has 19 heavy (non-hydrogen) atoms. The number of hydrogen-bond acceptors (Lipinski definition) is 4. The first-order valence-corrected chi connectivity index (χ1v) is 6.77. The van der Waals surface area contributed by atoms with Crippen molar-refractivity contribution < 1.29 is 9.53 Å². The number of esters is 1. The van der Waals surface area contributed by atoms with Gasteiger partial charge in [0.05, 0.1) is 7.11 Å². The van der Waals surface area contributed by atoms with Crippen molar-refractivity contribution in [2.75, 3.05) is 33.3 Å². The molecule has 0 spiro atoms. The van der Waals surface area contributed by atoms with Crippen LogP contribution >= 0.6 is 11.6 Å². The number of carbonyl (C=O) groups is 1. The number of halogens is 1. The minimum absolute atomic E-state index is 0.275. The fraction of sp³-hybridized carbons (Fsp3) is 0.500. The molecule has 0 saturated carbocycles. The van der Waals surface area contributed by atoms with Gasteiger partial charge in [-0.1, -0.05) is 29.8 Å². The zero-order valence-electron chi connectivity index (χ0n) is 11.3. The van der Waals surface area contributed by atoms with E-state index < -0.39 is 5.54 Å². The van der Waals surface area contributed by atoms with Crippen LogP contribution in [0.25, 0.3) is 0 Å². The summed E-state index contributed by atoms with van der Waals surface area (Å²) in [6, 6.07) is 7.45. The molecule has 5 heteroatoms. The molecule has 1 unspecified atom stereocenters. The molecule has 1 atom stereocenters. The van der Waals surface area contributed by atoms with Gasteiger partial charge in [-0.05, 0) is 13.0 Å². The second kappa shape index (κ2) is 5.90. The van der Waals surface area contributed by atoms with E-state index in [1.807, 2.05) is 25.1 Å². The Labute approximate surface area is 118 Å². The maximum atomic E-state index is 12.3. The maximum absolute atomic E-state index is 12.3. The summed E-state index contributed by atoms with van der Waals surface area (Å²) in [6.07, 6.45) is 0. The number of nitrogens with one attached hydrogen (secondary N) is 1. The van der Waals surface area contributed by atoms with Crippen molar-refractivity contribution in [3.8, 4) is 0 Å². The summed E-state index contributed by atoms with van der Waals surface area (Å²) in [6.45, 7) is 5.17. The molecule has 1 N–H and O–H groups in total. The first-order valence-electron chi connectivity index (χ1n) is 6.40. The van der Waals surface area contributed by atoms with Crippen molar-refractivity contribution in [1.29, 1.82) is 0 Å². The van der Waals surface area contributed by atoms with Crippen molar-refractivity contribution in [3.63, 3.8) is 0 Å². The Hall–Kier alpha value is -1.10. The fourth-order valence-corrected chi connectivity index (χ4v) is 2.90. The van der Waals surface area contributed by atoms with Crippen molar-refractivity contribution in [2.45, 2.75) is 12.5 Å². The van der Waals surface area contributed by atoms with Gasteiger partial charge in [-0.25, -0.2) is 4.79 Å². The molecule has 0 aromatic heterocycles. The Bertz CT molecular complexity index is 461. The van der Waals surface area contributed by atoms with E-state index in [2.05, 4.69) is 10.2 Å². The molecule has 1 aromatic rings. The third-order valence-corrected chi connectivity index (χ3v) is 4.06. The van der Waals surface area contributed by atoms with Crippen LogP contribution in [0.2, 0.25) is 5.02 Å². The van der Waals surface area contributed by atoms with Gasteiger partial charge in [0, 0.05) is 36.8 Å². The third-order valence-electron chi connectivity index (χ3n) is 3.73. The predicted octanol–water partition coefficient (Wildman–Crippen LogP) is 1.63. The lowest BCUT2D eigenvalue weighted by Gasteiger charge is -2.41. The Morgan fingerprint density at radius 1 is 1.37 bits per heavy atom. The molecular formula is C14H19ClN2O2. The Kier molecular flexibility index (Phi) is 4.45. The number of carbonyl (C=O) groups excluding carboxylic acids is 1. The number of rotatable bonds is 3. The fourth-order valence-electron chi connectivity index (χ4n) is 2.58. The molecular weight excluding hydrogens is 264 g/mol. The summed E-state index contributed by atoms with van der Waals surface area (Å²) in [5.74, 6) is -0.275. The summed E-state index contributed by atoms with van der Waals surface area (Å²) in [5, 5.41) is 3.87. The maximum Gasteiger partial charge on any atom is 0.330 e. The minimum atomic E-state index is -0.838. The Morgan fingerprint density at radius 2 is 2.00 bits per heavy atom. The molecule has 1 heterocycles. The van der Waals surface area contributed by atoms with Gasteiger partial charge in [-0.3, -0.25) is 4.90 Å². The predicted molar refractivity (Wildman–Crippen MR) is 75.3 cm³/mol. The topological polar surface area (TPSA) is 41.6 Å². The van der Waals surface area contributed by atoms with Crippen LogP contribution in [0.4, 0.5) is 0 Å². The highest BCUT2D eigenvalue weighted by atomic mass is 35.5. The summed E-state index contributed by atoms with van der Waals surface area (Å²) in [4.78, 5) is 14.5. The SMILES string of the molecule is COC(=O)C(C)(c1ccccc1Cl)N1CCNCC1. The summed E-state index contributed by atoms with van der Waals surface area (Å²) in [7, 11) is 1.42. The van der Waals surface area contributed by atoms with Crippen molar-refractivity contribution in [2.24, 2.45) is 0 Å². The lowest BCUT2D eigenvalue weighted by molar-refractivity contribution is -0.155. The van der Waals surface area contributed by atoms with Crippen LogP contribution in [0.1, 0.15) is 12.5 Å². The van der Waals surface area contributed by atoms with Crippen molar-refractivity contribution in [3.05, 3.63) is 34.9 Å². The lowest BCUT2D eigenvalue weighted by Crippen LogP contribution is -2.57. The van der Waals surface area contributed by atoms with Gasteiger partial charge in [-0.2, -0.15) is 0 Å². The van der Waals surface area contributed by atoms with Gasteiger partial charge < -0.3 is 10.1 Å². The molecule has 1 aromatic carbocycles. The smallest absolute Gasteiger partial charge is 0.330 e. The standard InChI is InChI=1S/C14H19ClN2O2/c1-14(13(18)19-2,17-9-7-16-8-10-17)11-5-3-4-6-12(11)15/h3-6,16H,7-10H2,1-2H3. The number of benzene rings is 1. The number of hydrogen-bond donors (Lipinski definition) is 1. The first kappa shape index (κ1) is 14.3. The third kappa shape index (κ3) is 2.61. The highest BCUT2D eigenvalue weighted by molar-refractivity contribution is 6.31. The molecule has 104 valence electrons. The number of nitrogens with zero attached hydrogens (tertiary/aromatic N) is 1. The Morgan fingerprint density at radius 3 is 2.58 bits per heavy atom. The van der Waals surface area contributed by atoms with E-state index in [1.54, 1.807) is 6.07 Å². The van der Waals surface area contributed by atoms with Crippen LogP contribution in [0, 0.1) is 0 Å². The quantitative estimate of drug-likeness (QED) is 0.856. The van der Waals surface area contributed by atoms with Crippen molar-refractivity contribution in [1.82, 2.24) is 10.2 Å². The van der Waals surface area contributed by atoms with Crippen LogP contribution in [-0.4, -0.2) is 44.2 Å². The van der Waals surface area contributed by atoms with E-state index in [0.29, 0.717) is 5.02 Å². The van der Waals surface area contributed by atoms with Crippen molar-refractivity contribution >= 4 is 17.6 Å². The summed E-state index contributed by atoms with van der Waals surface area (Å²) >= 11 is 6.28. The van der Waals surface area contributed by atoms with Crippen LogP contribution in [-0.2, 0) is 15.1 Å². The first-order chi connectivity index (χ1) is 9.10. The molecule has 1 fully saturated rings. The number of ether oxygens (including phenoxy) is 1.